The summed E-state index contributed by atoms with van der Waals surface area (Å²) in [5.74, 6) is -2.11. The first-order valence-corrected chi connectivity index (χ1v) is 8.80. The number of nitriles is 1. The number of hydrogen-bond donors (Lipinski definition) is 1. The maximum Gasteiger partial charge on any atom is 0.322 e. The Hall–Kier alpha value is -2.82. The lowest BCUT2D eigenvalue weighted by Crippen LogP contribution is -2.48. The molecular weight excluding hydrogens is 352 g/mol. The van der Waals surface area contributed by atoms with Crippen molar-refractivity contribution in [1.82, 2.24) is 0 Å². The molecule has 1 heterocycles. The second-order valence-corrected chi connectivity index (χ2v) is 7.30. The summed E-state index contributed by atoms with van der Waals surface area (Å²) in [6, 6.07) is 1.84. The van der Waals surface area contributed by atoms with E-state index in [0.29, 0.717) is 6.42 Å². The third-order valence-corrected chi connectivity index (χ3v) is 4.62. The Morgan fingerprint density at radius 1 is 1.22 bits per heavy atom. The van der Waals surface area contributed by atoms with Crippen molar-refractivity contribution >= 4 is 17.7 Å². The molecule has 0 aromatic rings. The van der Waals surface area contributed by atoms with Crippen LogP contribution in [0.2, 0.25) is 0 Å². The number of nitrogens with two attached hydrogens (primary N) is 1. The number of esters is 2. The zero-order valence-electron chi connectivity index (χ0n) is 16.0. The summed E-state index contributed by atoms with van der Waals surface area (Å²) >= 11 is 0. The molecule has 0 amide bonds. The van der Waals surface area contributed by atoms with E-state index in [1.165, 1.54) is 0 Å². The van der Waals surface area contributed by atoms with Gasteiger partial charge in [-0.1, -0.05) is 13.8 Å². The van der Waals surface area contributed by atoms with Crippen molar-refractivity contribution in [3.8, 4) is 6.07 Å². The maximum absolute atomic E-state index is 13.0. The molecule has 8 nitrogen and oxygen atoms in total. The van der Waals surface area contributed by atoms with Gasteiger partial charge in [-0.2, -0.15) is 5.26 Å². The summed E-state index contributed by atoms with van der Waals surface area (Å²) in [6.45, 7) is 7.07. The van der Waals surface area contributed by atoms with Gasteiger partial charge in [0.05, 0.1) is 25.2 Å². The third-order valence-electron chi connectivity index (χ3n) is 4.62. The van der Waals surface area contributed by atoms with Crippen molar-refractivity contribution in [3.05, 3.63) is 22.8 Å². The molecule has 1 atom stereocenters. The molecule has 146 valence electrons. The first kappa shape index (κ1) is 20.5. The standard InChI is InChI=1S/C19H24N2O6/c1-5-25-14(23)9-19(17(24)26-6-2)11(10-20)16(21)27-13-8-18(3,4)7-12(22)15(13)19/h5-9,21H2,1-4H3. The Kier molecular flexibility index (Phi) is 5.64. The number of rotatable bonds is 5. The van der Waals surface area contributed by atoms with Crippen LogP contribution < -0.4 is 5.73 Å². The minimum atomic E-state index is -1.96. The zero-order chi connectivity index (χ0) is 20.4. The van der Waals surface area contributed by atoms with Gasteiger partial charge in [-0.05, 0) is 19.3 Å². The van der Waals surface area contributed by atoms with Gasteiger partial charge >= 0.3 is 11.9 Å². The molecule has 1 aliphatic carbocycles. The number of allylic oxidation sites excluding steroid dienone is 1. The van der Waals surface area contributed by atoms with Crippen LogP contribution in [-0.2, 0) is 28.6 Å². The summed E-state index contributed by atoms with van der Waals surface area (Å²) in [4.78, 5) is 38.4. The van der Waals surface area contributed by atoms with Crippen molar-refractivity contribution in [2.45, 2.75) is 47.0 Å². The van der Waals surface area contributed by atoms with Crippen LogP contribution in [0.15, 0.2) is 22.8 Å². The Balaban J connectivity index is 2.76. The third kappa shape index (κ3) is 3.54. The van der Waals surface area contributed by atoms with E-state index in [-0.39, 0.29) is 48.2 Å². The fourth-order valence-electron chi connectivity index (χ4n) is 3.63. The second kappa shape index (κ2) is 7.43. The minimum absolute atomic E-state index is 0.00513. The summed E-state index contributed by atoms with van der Waals surface area (Å²) in [5.41, 5.74) is 3.22. The van der Waals surface area contributed by atoms with Gasteiger partial charge in [0.2, 0.25) is 5.88 Å². The fraction of sp³-hybridized carbons (Fsp3) is 0.579. The van der Waals surface area contributed by atoms with E-state index in [9.17, 15) is 19.6 Å². The van der Waals surface area contributed by atoms with Crippen LogP contribution in [0.3, 0.4) is 0 Å². The van der Waals surface area contributed by atoms with Crippen LogP contribution in [0.5, 0.6) is 0 Å². The van der Waals surface area contributed by atoms with Gasteiger partial charge in [0.1, 0.15) is 22.8 Å². The number of ketones is 1. The quantitative estimate of drug-likeness (QED) is 0.720. The molecule has 0 radical (unpaired) electrons. The number of ether oxygens (including phenoxy) is 3. The van der Waals surface area contributed by atoms with E-state index >= 15 is 0 Å². The van der Waals surface area contributed by atoms with Gasteiger partial charge in [-0.25, -0.2) is 0 Å². The summed E-state index contributed by atoms with van der Waals surface area (Å²) in [5, 5.41) is 9.67. The first-order chi connectivity index (χ1) is 12.6. The van der Waals surface area contributed by atoms with Crippen LogP contribution in [0.1, 0.15) is 47.0 Å². The Morgan fingerprint density at radius 2 is 1.85 bits per heavy atom. The summed E-state index contributed by atoms with van der Waals surface area (Å²) in [7, 11) is 0. The van der Waals surface area contributed by atoms with Gasteiger partial charge < -0.3 is 19.9 Å². The molecule has 27 heavy (non-hydrogen) atoms. The van der Waals surface area contributed by atoms with Crippen molar-refractivity contribution in [2.75, 3.05) is 13.2 Å². The predicted octanol–water partition coefficient (Wildman–Crippen LogP) is 1.86. The van der Waals surface area contributed by atoms with Crippen LogP contribution in [-0.4, -0.2) is 30.9 Å². The second-order valence-electron chi connectivity index (χ2n) is 7.30. The van der Waals surface area contributed by atoms with Crippen LogP contribution >= 0.6 is 0 Å². The maximum atomic E-state index is 13.0. The minimum Gasteiger partial charge on any atom is -0.466 e. The molecule has 0 saturated heterocycles. The highest BCUT2D eigenvalue weighted by molar-refractivity contribution is 6.08. The molecule has 0 spiro atoms. The summed E-state index contributed by atoms with van der Waals surface area (Å²) in [6.07, 6.45) is -0.0904. The lowest BCUT2D eigenvalue weighted by Gasteiger charge is -2.41. The molecule has 8 heteroatoms. The monoisotopic (exact) mass is 376 g/mol. The molecule has 2 rings (SSSR count). The van der Waals surface area contributed by atoms with E-state index in [1.807, 2.05) is 19.9 Å². The largest absolute Gasteiger partial charge is 0.466 e. The van der Waals surface area contributed by atoms with E-state index in [4.69, 9.17) is 19.9 Å². The number of carbonyl (C=O) groups excluding carboxylic acids is 3. The van der Waals surface area contributed by atoms with Crippen molar-refractivity contribution in [1.29, 1.82) is 5.26 Å². The van der Waals surface area contributed by atoms with Crippen molar-refractivity contribution in [2.24, 2.45) is 16.6 Å². The SMILES string of the molecule is CCOC(=O)CC1(C(=O)OCC)C(C#N)=C(N)OC2=C1C(=O)CC(C)(C)C2. The van der Waals surface area contributed by atoms with Gasteiger partial charge in [0, 0.05) is 12.8 Å². The molecule has 0 saturated carbocycles. The summed E-state index contributed by atoms with van der Waals surface area (Å²) < 4.78 is 15.7. The highest BCUT2D eigenvalue weighted by atomic mass is 16.5. The van der Waals surface area contributed by atoms with Gasteiger partial charge in [0.15, 0.2) is 5.78 Å². The van der Waals surface area contributed by atoms with E-state index < -0.39 is 29.2 Å². The lowest BCUT2D eigenvalue weighted by molar-refractivity contribution is -0.159. The van der Waals surface area contributed by atoms with Crippen LogP contribution in [0.4, 0.5) is 0 Å². The number of hydrogen-bond acceptors (Lipinski definition) is 8. The van der Waals surface area contributed by atoms with Gasteiger partial charge in [0.25, 0.3) is 0 Å². The molecule has 0 aromatic carbocycles. The molecule has 1 aliphatic heterocycles. The fourth-order valence-corrected chi connectivity index (χ4v) is 3.63. The normalized spacial score (nSPS) is 23.9. The smallest absolute Gasteiger partial charge is 0.322 e. The first-order valence-electron chi connectivity index (χ1n) is 8.80. The highest BCUT2D eigenvalue weighted by Gasteiger charge is 2.58. The molecular formula is C19H24N2O6. The van der Waals surface area contributed by atoms with Crippen molar-refractivity contribution in [3.63, 3.8) is 0 Å². The topological polar surface area (TPSA) is 129 Å². The molecule has 0 aromatic heterocycles. The number of nitrogens with zero attached hydrogens (tertiary/aromatic N) is 1. The highest BCUT2D eigenvalue weighted by Crippen LogP contribution is 2.52. The Morgan fingerprint density at radius 3 is 2.41 bits per heavy atom. The molecule has 2 N–H and O–H groups in total. The molecule has 0 bridgehead atoms. The number of carbonyl (C=O) groups is 3. The van der Waals surface area contributed by atoms with Crippen LogP contribution in [0, 0.1) is 22.2 Å². The Labute approximate surface area is 157 Å². The Bertz CT molecular complexity index is 787. The zero-order valence-corrected chi connectivity index (χ0v) is 16.0. The van der Waals surface area contributed by atoms with E-state index in [0.717, 1.165) is 0 Å². The van der Waals surface area contributed by atoms with Gasteiger partial charge in [-0.15, -0.1) is 0 Å². The molecule has 1 unspecified atom stereocenters. The lowest BCUT2D eigenvalue weighted by atomic mass is 9.63. The van der Waals surface area contributed by atoms with E-state index in [2.05, 4.69) is 0 Å². The predicted molar refractivity (Wildman–Crippen MR) is 93.3 cm³/mol. The van der Waals surface area contributed by atoms with Crippen LogP contribution in [0.25, 0.3) is 0 Å². The van der Waals surface area contributed by atoms with Gasteiger partial charge in [-0.3, -0.25) is 14.4 Å². The molecule has 2 aliphatic rings. The molecule has 0 fully saturated rings. The van der Waals surface area contributed by atoms with Crippen molar-refractivity contribution < 1.29 is 28.6 Å². The van der Waals surface area contributed by atoms with E-state index in [1.54, 1.807) is 13.8 Å². The average Bonchev–Trinajstić information content (AvgIpc) is 2.53. The average molecular weight is 376 g/mol. The number of Topliss-reactive ketones (excluding diaryl/α,β-unsaturated/α-hetero) is 1.